The van der Waals surface area contributed by atoms with Crippen LogP contribution in [0.3, 0.4) is 0 Å². The summed E-state index contributed by atoms with van der Waals surface area (Å²) in [7, 11) is 1.75. The number of benzene rings is 2. The summed E-state index contributed by atoms with van der Waals surface area (Å²) in [5.74, 6) is -0.136. The van der Waals surface area contributed by atoms with E-state index in [1.54, 1.807) is 29.0 Å². The van der Waals surface area contributed by atoms with Gasteiger partial charge in [-0.2, -0.15) is 0 Å². The molecule has 0 spiro atoms. The van der Waals surface area contributed by atoms with Crippen LogP contribution in [-0.2, 0) is 17.8 Å². The van der Waals surface area contributed by atoms with Gasteiger partial charge in [0.25, 0.3) is 5.91 Å². The van der Waals surface area contributed by atoms with E-state index in [-0.39, 0.29) is 17.6 Å². The van der Waals surface area contributed by atoms with Crippen LogP contribution in [0.1, 0.15) is 27.2 Å². The van der Waals surface area contributed by atoms with E-state index in [4.69, 9.17) is 4.42 Å². The standard InChI is InChI=1S/C23H22N2O3/c1-16-9-11-19(12-10-16)24(2)22(26)20-14-17-6-3-4-7-18(17)15-25(20)23(27)21-8-5-13-28-21/h3-13,20H,14-15H2,1-2H3. The molecule has 0 bridgehead atoms. The molecule has 0 fully saturated rings. The Morgan fingerprint density at radius 2 is 1.71 bits per heavy atom. The van der Waals surface area contributed by atoms with Crippen molar-refractivity contribution in [3.8, 4) is 0 Å². The number of carbonyl (C=O) groups excluding carboxylic acids is 2. The summed E-state index contributed by atoms with van der Waals surface area (Å²) in [6.07, 6.45) is 1.96. The fourth-order valence-corrected chi connectivity index (χ4v) is 3.62. The molecular formula is C23H22N2O3. The molecule has 0 saturated heterocycles. The molecule has 1 unspecified atom stereocenters. The molecule has 142 valence electrons. The van der Waals surface area contributed by atoms with E-state index in [9.17, 15) is 9.59 Å². The van der Waals surface area contributed by atoms with Gasteiger partial charge in [0.05, 0.1) is 6.26 Å². The van der Waals surface area contributed by atoms with Crippen LogP contribution < -0.4 is 4.90 Å². The predicted molar refractivity (Wildman–Crippen MR) is 107 cm³/mol. The quantitative estimate of drug-likeness (QED) is 0.700. The van der Waals surface area contributed by atoms with Crippen LogP contribution in [-0.4, -0.2) is 29.8 Å². The van der Waals surface area contributed by atoms with Gasteiger partial charge in [-0.3, -0.25) is 9.59 Å². The third kappa shape index (κ3) is 3.31. The van der Waals surface area contributed by atoms with Crippen molar-refractivity contribution in [2.24, 2.45) is 0 Å². The minimum absolute atomic E-state index is 0.113. The summed E-state index contributed by atoms with van der Waals surface area (Å²) < 4.78 is 5.31. The van der Waals surface area contributed by atoms with E-state index in [0.717, 1.165) is 22.4 Å². The number of nitrogens with zero attached hydrogens (tertiary/aromatic N) is 2. The number of rotatable bonds is 3. The van der Waals surface area contributed by atoms with Crippen molar-refractivity contribution in [2.75, 3.05) is 11.9 Å². The van der Waals surface area contributed by atoms with Crippen molar-refractivity contribution >= 4 is 17.5 Å². The summed E-state index contributed by atoms with van der Waals surface area (Å²) in [4.78, 5) is 29.7. The normalized spacial score (nSPS) is 15.8. The SMILES string of the molecule is Cc1ccc(N(C)C(=O)C2Cc3ccccc3CN2C(=O)c2ccco2)cc1. The summed E-state index contributed by atoms with van der Waals surface area (Å²) in [5, 5.41) is 0. The number of carbonyl (C=O) groups is 2. The molecule has 1 aromatic heterocycles. The first-order valence-corrected chi connectivity index (χ1v) is 9.30. The van der Waals surface area contributed by atoms with Gasteiger partial charge in [-0.25, -0.2) is 0 Å². The van der Waals surface area contributed by atoms with Gasteiger partial charge in [0.15, 0.2) is 5.76 Å². The number of furan rings is 1. The Morgan fingerprint density at radius 3 is 2.39 bits per heavy atom. The minimum atomic E-state index is -0.584. The highest BCUT2D eigenvalue weighted by atomic mass is 16.3. The first-order valence-electron chi connectivity index (χ1n) is 9.30. The van der Waals surface area contributed by atoms with E-state index in [1.165, 1.54) is 6.26 Å². The predicted octanol–water partition coefficient (Wildman–Crippen LogP) is 3.82. The highest BCUT2D eigenvalue weighted by Gasteiger charge is 2.37. The molecule has 1 aliphatic heterocycles. The lowest BCUT2D eigenvalue weighted by Gasteiger charge is -2.37. The molecule has 0 saturated carbocycles. The molecule has 1 aliphatic rings. The Balaban J connectivity index is 1.67. The monoisotopic (exact) mass is 374 g/mol. The first-order chi connectivity index (χ1) is 13.5. The van der Waals surface area contributed by atoms with E-state index >= 15 is 0 Å². The molecular weight excluding hydrogens is 352 g/mol. The van der Waals surface area contributed by atoms with Gasteiger partial charge in [0.1, 0.15) is 6.04 Å². The zero-order valence-corrected chi connectivity index (χ0v) is 16.0. The molecule has 0 N–H and O–H groups in total. The smallest absolute Gasteiger partial charge is 0.290 e. The van der Waals surface area contributed by atoms with Crippen LogP contribution in [0.15, 0.2) is 71.3 Å². The second-order valence-electron chi connectivity index (χ2n) is 7.13. The van der Waals surface area contributed by atoms with Gasteiger partial charge < -0.3 is 14.2 Å². The second kappa shape index (κ2) is 7.35. The number of amides is 2. The third-order valence-electron chi connectivity index (χ3n) is 5.28. The van der Waals surface area contributed by atoms with Crippen LogP contribution in [0.2, 0.25) is 0 Å². The molecule has 2 aromatic carbocycles. The third-order valence-corrected chi connectivity index (χ3v) is 5.28. The maximum Gasteiger partial charge on any atom is 0.290 e. The molecule has 28 heavy (non-hydrogen) atoms. The molecule has 2 amide bonds. The second-order valence-corrected chi connectivity index (χ2v) is 7.13. The summed E-state index contributed by atoms with van der Waals surface area (Å²) in [5.41, 5.74) is 4.09. The molecule has 3 aromatic rings. The van der Waals surface area contributed by atoms with Crippen LogP contribution in [0, 0.1) is 6.92 Å². The Morgan fingerprint density at radius 1 is 1.00 bits per heavy atom. The maximum absolute atomic E-state index is 13.4. The average molecular weight is 374 g/mol. The van der Waals surface area contributed by atoms with E-state index in [2.05, 4.69) is 0 Å². The fourth-order valence-electron chi connectivity index (χ4n) is 3.62. The van der Waals surface area contributed by atoms with Gasteiger partial charge in [0, 0.05) is 25.7 Å². The topological polar surface area (TPSA) is 53.8 Å². The van der Waals surface area contributed by atoms with Crippen LogP contribution in [0.4, 0.5) is 5.69 Å². The Kier molecular flexibility index (Phi) is 4.74. The summed E-state index contributed by atoms with van der Waals surface area (Å²) in [6, 6.07) is 18.5. The number of fused-ring (bicyclic) bond motifs is 1. The number of likely N-dealkylation sites (N-methyl/N-ethyl adjacent to an activating group) is 1. The van der Waals surface area contributed by atoms with Crippen LogP contribution in [0.25, 0.3) is 0 Å². The van der Waals surface area contributed by atoms with Gasteiger partial charge in [0.2, 0.25) is 5.91 Å². The number of aryl methyl sites for hydroxylation is 1. The van der Waals surface area contributed by atoms with Crippen molar-refractivity contribution in [1.29, 1.82) is 0 Å². The highest BCUT2D eigenvalue weighted by Crippen LogP contribution is 2.27. The van der Waals surface area contributed by atoms with Gasteiger partial charge in [-0.05, 0) is 42.3 Å². The van der Waals surface area contributed by atoms with Crippen molar-refractivity contribution in [1.82, 2.24) is 4.90 Å². The molecule has 4 rings (SSSR count). The molecule has 1 atom stereocenters. The fraction of sp³-hybridized carbons (Fsp3) is 0.217. The molecule has 0 aliphatic carbocycles. The zero-order chi connectivity index (χ0) is 19.7. The lowest BCUT2D eigenvalue weighted by atomic mass is 9.93. The van der Waals surface area contributed by atoms with Gasteiger partial charge in [-0.1, -0.05) is 42.0 Å². The largest absolute Gasteiger partial charge is 0.459 e. The van der Waals surface area contributed by atoms with E-state index in [0.29, 0.717) is 13.0 Å². The van der Waals surface area contributed by atoms with Crippen molar-refractivity contribution < 1.29 is 14.0 Å². The first kappa shape index (κ1) is 18.0. The lowest BCUT2D eigenvalue weighted by Crippen LogP contribution is -2.53. The molecule has 5 nitrogen and oxygen atoms in total. The Labute approximate surface area is 164 Å². The van der Waals surface area contributed by atoms with E-state index in [1.807, 2.05) is 55.5 Å². The van der Waals surface area contributed by atoms with Crippen molar-refractivity contribution in [3.63, 3.8) is 0 Å². The van der Waals surface area contributed by atoms with Crippen molar-refractivity contribution in [3.05, 3.63) is 89.4 Å². The minimum Gasteiger partial charge on any atom is -0.459 e. The number of anilines is 1. The Bertz CT molecular complexity index is 993. The van der Waals surface area contributed by atoms with E-state index < -0.39 is 6.04 Å². The lowest BCUT2D eigenvalue weighted by molar-refractivity contribution is -0.123. The Hall–Kier alpha value is -3.34. The average Bonchev–Trinajstić information content (AvgIpc) is 3.26. The molecule has 5 heteroatoms. The maximum atomic E-state index is 13.4. The van der Waals surface area contributed by atoms with Crippen molar-refractivity contribution in [2.45, 2.75) is 25.9 Å². The zero-order valence-electron chi connectivity index (χ0n) is 16.0. The molecule has 0 radical (unpaired) electrons. The molecule has 2 heterocycles. The van der Waals surface area contributed by atoms with Gasteiger partial charge >= 0.3 is 0 Å². The number of hydrogen-bond donors (Lipinski definition) is 0. The number of hydrogen-bond acceptors (Lipinski definition) is 3. The van der Waals surface area contributed by atoms with Crippen LogP contribution >= 0.6 is 0 Å². The highest BCUT2D eigenvalue weighted by molar-refractivity contribution is 6.01. The summed E-state index contributed by atoms with van der Waals surface area (Å²) in [6.45, 7) is 2.39. The van der Waals surface area contributed by atoms with Crippen LogP contribution in [0.5, 0.6) is 0 Å². The van der Waals surface area contributed by atoms with Gasteiger partial charge in [-0.15, -0.1) is 0 Å². The summed E-state index contributed by atoms with van der Waals surface area (Å²) >= 11 is 0.